The van der Waals surface area contributed by atoms with E-state index in [2.05, 4.69) is 0 Å². The molecule has 200 valence electrons. The molecule has 5 atom stereocenters. The summed E-state index contributed by atoms with van der Waals surface area (Å²) in [6, 6.07) is 1.99. The highest BCUT2D eigenvalue weighted by Gasteiger charge is 2.38. The summed E-state index contributed by atoms with van der Waals surface area (Å²) in [5.41, 5.74) is 0.646. The maximum absolute atomic E-state index is 12.7. The zero-order valence-corrected chi connectivity index (χ0v) is 22.5. The molecule has 0 amide bonds. The van der Waals surface area contributed by atoms with Gasteiger partial charge < -0.3 is 32.7 Å². The van der Waals surface area contributed by atoms with Gasteiger partial charge in [-0.2, -0.15) is 5.26 Å². The average Bonchev–Trinajstić information content (AvgIpc) is 3.16. The number of methoxy groups -OCH3 is 2. The van der Waals surface area contributed by atoms with Gasteiger partial charge in [-0.05, 0) is 27.7 Å². The Bertz CT molecular complexity index is 983. The van der Waals surface area contributed by atoms with E-state index in [0.29, 0.717) is 17.7 Å². The van der Waals surface area contributed by atoms with Crippen LogP contribution in [0.3, 0.4) is 0 Å². The van der Waals surface area contributed by atoms with Gasteiger partial charge in [0.25, 0.3) is 5.69 Å². The van der Waals surface area contributed by atoms with Crippen molar-refractivity contribution in [2.24, 2.45) is 0 Å². The molecular weight excluding hydrogens is 495 g/mol. The zero-order valence-electron chi connectivity index (χ0n) is 21.6. The van der Waals surface area contributed by atoms with Crippen molar-refractivity contribution in [2.75, 3.05) is 34.1 Å². The minimum atomic E-state index is -1.22. The van der Waals surface area contributed by atoms with Crippen molar-refractivity contribution < 1.29 is 42.4 Å². The van der Waals surface area contributed by atoms with Crippen molar-refractivity contribution >= 4 is 20.2 Å². The Balaban J connectivity index is 2.13. The van der Waals surface area contributed by atoms with Crippen LogP contribution in [0.5, 0.6) is 11.5 Å². The predicted molar refractivity (Wildman–Crippen MR) is 129 cm³/mol. The van der Waals surface area contributed by atoms with Crippen LogP contribution >= 0.6 is 8.38 Å². The molecule has 0 N–H and O–H groups in total. The van der Waals surface area contributed by atoms with Gasteiger partial charge in [0.05, 0.1) is 62.1 Å². The van der Waals surface area contributed by atoms with Gasteiger partial charge in [0, 0.05) is 18.6 Å². The number of hydrogen-bond donors (Lipinski definition) is 0. The molecule has 1 aromatic rings. The van der Waals surface area contributed by atoms with Gasteiger partial charge in [-0.1, -0.05) is 0 Å². The Morgan fingerprint density at radius 1 is 1.25 bits per heavy atom. The molecular formula is C23H33N2O10P. The molecule has 1 aromatic carbocycles. The van der Waals surface area contributed by atoms with Crippen molar-refractivity contribution in [1.29, 1.82) is 5.26 Å². The second-order valence-corrected chi connectivity index (χ2v) is 9.60. The molecule has 1 fully saturated rings. The van der Waals surface area contributed by atoms with Crippen LogP contribution in [0, 0.1) is 35.3 Å². The Morgan fingerprint density at radius 2 is 1.89 bits per heavy atom. The fourth-order valence-electron chi connectivity index (χ4n) is 4.16. The SMILES string of the molecule is COc1c(C)c(C(C)OC(=O)OC2CC(C)OC2COP(C)OCCC#N)c([N+](=O)[O-])c(C)c1OC. The number of carbonyl (C=O) groups is 1. The van der Waals surface area contributed by atoms with Crippen molar-refractivity contribution in [3.63, 3.8) is 0 Å². The maximum Gasteiger partial charge on any atom is 0.509 e. The largest absolute Gasteiger partial charge is 0.509 e. The summed E-state index contributed by atoms with van der Waals surface area (Å²) < 4.78 is 38.6. The summed E-state index contributed by atoms with van der Waals surface area (Å²) in [6.45, 7) is 8.72. The first-order valence-corrected chi connectivity index (χ1v) is 13.0. The van der Waals surface area contributed by atoms with E-state index in [4.69, 9.17) is 38.0 Å². The Labute approximate surface area is 211 Å². The predicted octanol–water partition coefficient (Wildman–Crippen LogP) is 4.88. The lowest BCUT2D eigenvalue weighted by Gasteiger charge is -2.23. The Kier molecular flexibility index (Phi) is 11.1. The van der Waals surface area contributed by atoms with Crippen molar-refractivity contribution in [3.8, 4) is 17.6 Å². The number of hydrogen-bond acceptors (Lipinski definition) is 11. The van der Waals surface area contributed by atoms with Crippen LogP contribution in [0.15, 0.2) is 0 Å². The molecule has 12 nitrogen and oxygen atoms in total. The molecule has 0 aromatic heterocycles. The monoisotopic (exact) mass is 528 g/mol. The molecule has 1 aliphatic heterocycles. The van der Waals surface area contributed by atoms with E-state index in [-0.39, 0.29) is 48.3 Å². The number of carbonyl (C=O) groups excluding carboxylic acids is 1. The number of ether oxygens (including phenoxy) is 5. The molecule has 0 saturated carbocycles. The number of nitrogens with zero attached hydrogens (tertiary/aromatic N) is 2. The summed E-state index contributed by atoms with van der Waals surface area (Å²) in [4.78, 5) is 24.1. The fraction of sp³-hybridized carbons (Fsp3) is 0.652. The quantitative estimate of drug-likeness (QED) is 0.120. The second-order valence-electron chi connectivity index (χ2n) is 8.20. The highest BCUT2D eigenvalue weighted by Crippen LogP contribution is 2.46. The summed E-state index contributed by atoms with van der Waals surface area (Å²) in [6.07, 6.45) is -2.64. The van der Waals surface area contributed by atoms with Gasteiger partial charge in [-0.3, -0.25) is 10.1 Å². The molecule has 1 aliphatic rings. The smallest absolute Gasteiger partial charge is 0.493 e. The molecule has 1 heterocycles. The van der Waals surface area contributed by atoms with E-state index in [0.717, 1.165) is 0 Å². The van der Waals surface area contributed by atoms with Crippen LogP contribution in [-0.4, -0.2) is 63.5 Å². The van der Waals surface area contributed by atoms with Crippen LogP contribution in [0.25, 0.3) is 0 Å². The standard InChI is InChI=1S/C23H33N2O10P/c1-13-11-17(18(33-13)12-32-36(7)31-10-8-9-24)35-23(26)34-16(4)19-14(2)21(29-5)22(30-6)15(3)20(19)25(27)28/h13,16-18H,8,10-12H2,1-7H3. The van der Waals surface area contributed by atoms with E-state index in [1.165, 1.54) is 21.1 Å². The van der Waals surface area contributed by atoms with Gasteiger partial charge in [0.1, 0.15) is 18.3 Å². The lowest BCUT2D eigenvalue weighted by Crippen LogP contribution is -2.31. The molecule has 13 heteroatoms. The highest BCUT2D eigenvalue weighted by atomic mass is 31.2. The minimum Gasteiger partial charge on any atom is -0.493 e. The molecule has 5 unspecified atom stereocenters. The van der Waals surface area contributed by atoms with Crippen LogP contribution < -0.4 is 9.47 Å². The molecule has 0 aliphatic carbocycles. The number of nitro groups is 1. The van der Waals surface area contributed by atoms with E-state index in [1.807, 2.05) is 13.0 Å². The molecule has 0 spiro atoms. The van der Waals surface area contributed by atoms with E-state index in [1.54, 1.807) is 20.5 Å². The molecule has 0 radical (unpaired) electrons. The first kappa shape index (κ1) is 29.5. The summed E-state index contributed by atoms with van der Waals surface area (Å²) in [7, 11) is 1.61. The van der Waals surface area contributed by atoms with Gasteiger partial charge in [-0.15, -0.1) is 0 Å². The lowest BCUT2D eigenvalue weighted by molar-refractivity contribution is -0.386. The topological polar surface area (TPSA) is 149 Å². The summed E-state index contributed by atoms with van der Waals surface area (Å²) >= 11 is 0. The highest BCUT2D eigenvalue weighted by molar-refractivity contribution is 7.46. The van der Waals surface area contributed by atoms with E-state index >= 15 is 0 Å². The summed E-state index contributed by atoms with van der Waals surface area (Å²) in [5, 5.41) is 20.5. The third-order valence-electron chi connectivity index (χ3n) is 5.71. The number of rotatable bonds is 12. The molecule has 2 rings (SSSR count). The van der Waals surface area contributed by atoms with E-state index < -0.39 is 37.8 Å². The van der Waals surface area contributed by atoms with Gasteiger partial charge >= 0.3 is 6.16 Å². The molecule has 36 heavy (non-hydrogen) atoms. The van der Waals surface area contributed by atoms with Crippen molar-refractivity contribution in [3.05, 3.63) is 26.8 Å². The normalized spacial score (nSPS) is 20.8. The van der Waals surface area contributed by atoms with Gasteiger partial charge in [-0.25, -0.2) is 4.79 Å². The lowest BCUT2D eigenvalue weighted by atomic mass is 9.96. The van der Waals surface area contributed by atoms with E-state index in [9.17, 15) is 14.9 Å². The average molecular weight is 528 g/mol. The third kappa shape index (κ3) is 7.17. The molecule has 1 saturated heterocycles. The van der Waals surface area contributed by atoms with Crippen LogP contribution in [-0.2, 0) is 23.3 Å². The van der Waals surface area contributed by atoms with Crippen LogP contribution in [0.1, 0.15) is 49.5 Å². The molecule has 0 bridgehead atoms. The second kappa shape index (κ2) is 13.6. The first-order valence-electron chi connectivity index (χ1n) is 11.3. The number of nitro benzene ring substituents is 1. The first-order chi connectivity index (χ1) is 17.0. The summed E-state index contributed by atoms with van der Waals surface area (Å²) in [5.74, 6) is 0.565. The van der Waals surface area contributed by atoms with Gasteiger partial charge in [0.15, 0.2) is 19.9 Å². The van der Waals surface area contributed by atoms with Crippen molar-refractivity contribution in [1.82, 2.24) is 0 Å². The Hall–Kier alpha value is -2.71. The number of benzene rings is 1. The third-order valence-corrected chi connectivity index (χ3v) is 6.77. The minimum absolute atomic E-state index is 0.131. The Morgan fingerprint density at radius 3 is 2.47 bits per heavy atom. The van der Waals surface area contributed by atoms with Crippen LogP contribution in [0.4, 0.5) is 10.5 Å². The zero-order chi connectivity index (χ0) is 27.0. The van der Waals surface area contributed by atoms with Gasteiger partial charge in [0.2, 0.25) is 0 Å². The van der Waals surface area contributed by atoms with Crippen LogP contribution in [0.2, 0.25) is 0 Å². The maximum atomic E-state index is 12.7. The number of nitriles is 1. The fourth-order valence-corrected chi connectivity index (χ4v) is 4.94. The van der Waals surface area contributed by atoms with Crippen molar-refractivity contribution in [2.45, 2.75) is 65.0 Å².